The Hall–Kier alpha value is -2.56. The summed E-state index contributed by atoms with van der Waals surface area (Å²) in [5.74, 6) is -0.794. The number of nitrogen functional groups attached to an aromatic ring is 2. The number of benzene rings is 2. The van der Waals surface area contributed by atoms with E-state index in [9.17, 15) is 9.18 Å². The quantitative estimate of drug-likeness (QED) is 0.655. The van der Waals surface area contributed by atoms with E-state index < -0.39 is 11.6 Å². The average Bonchev–Trinajstić information content (AvgIpc) is 2.37. The summed E-state index contributed by atoms with van der Waals surface area (Å²) < 4.78 is 18.7. The second-order valence-corrected chi connectivity index (χ2v) is 4.02. The standard InChI is InChI=1S/C14H13FN2O2/c1-19-9-3-5-10(12(15)7-9)14(18)11-4-2-8(16)6-13(11)17/h2-7H,16-17H2,1H3. The van der Waals surface area contributed by atoms with Crippen molar-refractivity contribution in [3.63, 3.8) is 0 Å². The summed E-state index contributed by atoms with van der Waals surface area (Å²) >= 11 is 0. The monoisotopic (exact) mass is 260 g/mol. The Bertz CT molecular complexity index is 641. The van der Waals surface area contributed by atoms with Gasteiger partial charge in [0.1, 0.15) is 11.6 Å². The lowest BCUT2D eigenvalue weighted by molar-refractivity contribution is 0.103. The molecule has 0 aliphatic carbocycles. The lowest BCUT2D eigenvalue weighted by Crippen LogP contribution is -2.08. The van der Waals surface area contributed by atoms with Gasteiger partial charge in [-0.25, -0.2) is 4.39 Å². The van der Waals surface area contributed by atoms with Gasteiger partial charge in [-0.1, -0.05) is 0 Å². The molecule has 2 aromatic carbocycles. The molecule has 0 unspecified atom stereocenters. The minimum Gasteiger partial charge on any atom is -0.497 e. The lowest BCUT2D eigenvalue weighted by Gasteiger charge is -2.08. The predicted molar refractivity (Wildman–Crippen MR) is 71.7 cm³/mol. The molecular formula is C14H13FN2O2. The summed E-state index contributed by atoms with van der Waals surface area (Å²) in [6.45, 7) is 0. The van der Waals surface area contributed by atoms with Gasteiger partial charge in [0.2, 0.25) is 0 Å². The Morgan fingerprint density at radius 1 is 1.11 bits per heavy atom. The van der Waals surface area contributed by atoms with Crippen LogP contribution in [0.3, 0.4) is 0 Å². The average molecular weight is 260 g/mol. The third-order valence-corrected chi connectivity index (χ3v) is 2.74. The van der Waals surface area contributed by atoms with Gasteiger partial charge in [0.05, 0.1) is 12.7 Å². The van der Waals surface area contributed by atoms with Crippen molar-refractivity contribution < 1.29 is 13.9 Å². The van der Waals surface area contributed by atoms with Gasteiger partial charge in [-0.3, -0.25) is 4.79 Å². The maximum atomic E-state index is 13.8. The highest BCUT2D eigenvalue weighted by Gasteiger charge is 2.17. The lowest BCUT2D eigenvalue weighted by atomic mass is 10.0. The Kier molecular flexibility index (Phi) is 3.37. The largest absolute Gasteiger partial charge is 0.497 e. The zero-order chi connectivity index (χ0) is 14.0. The fourth-order valence-corrected chi connectivity index (χ4v) is 1.74. The second kappa shape index (κ2) is 4.97. The van der Waals surface area contributed by atoms with E-state index in [1.807, 2.05) is 0 Å². The first-order chi connectivity index (χ1) is 9.02. The number of hydrogen-bond donors (Lipinski definition) is 2. The molecule has 0 aliphatic rings. The number of rotatable bonds is 3. The molecule has 0 bridgehead atoms. The molecule has 2 rings (SSSR count). The Morgan fingerprint density at radius 2 is 1.79 bits per heavy atom. The first-order valence-corrected chi connectivity index (χ1v) is 5.56. The molecule has 4 N–H and O–H groups in total. The summed E-state index contributed by atoms with van der Waals surface area (Å²) in [7, 11) is 1.42. The summed E-state index contributed by atoms with van der Waals surface area (Å²) in [6.07, 6.45) is 0. The van der Waals surface area contributed by atoms with E-state index in [1.54, 1.807) is 6.07 Å². The number of carbonyl (C=O) groups is 1. The van der Waals surface area contributed by atoms with E-state index in [0.29, 0.717) is 11.4 Å². The van der Waals surface area contributed by atoms with Crippen molar-refractivity contribution in [2.75, 3.05) is 18.6 Å². The van der Waals surface area contributed by atoms with Crippen LogP contribution in [0.5, 0.6) is 5.75 Å². The van der Waals surface area contributed by atoms with E-state index in [-0.39, 0.29) is 16.8 Å². The van der Waals surface area contributed by atoms with Crippen LogP contribution < -0.4 is 16.2 Å². The van der Waals surface area contributed by atoms with Crippen LogP contribution in [-0.4, -0.2) is 12.9 Å². The van der Waals surface area contributed by atoms with Gasteiger partial charge in [-0.05, 0) is 30.3 Å². The van der Waals surface area contributed by atoms with Crippen LogP contribution in [0.1, 0.15) is 15.9 Å². The molecule has 0 atom stereocenters. The smallest absolute Gasteiger partial charge is 0.198 e. The van der Waals surface area contributed by atoms with Crippen molar-refractivity contribution in [3.05, 3.63) is 53.3 Å². The summed E-state index contributed by atoms with van der Waals surface area (Å²) in [4.78, 5) is 12.2. The van der Waals surface area contributed by atoms with E-state index in [4.69, 9.17) is 16.2 Å². The molecule has 0 aromatic heterocycles. The molecule has 5 heteroatoms. The molecule has 0 saturated carbocycles. The zero-order valence-corrected chi connectivity index (χ0v) is 10.3. The molecule has 4 nitrogen and oxygen atoms in total. The topological polar surface area (TPSA) is 78.3 Å². The number of ether oxygens (including phenoxy) is 1. The first-order valence-electron chi connectivity index (χ1n) is 5.56. The predicted octanol–water partition coefficient (Wildman–Crippen LogP) is 2.23. The SMILES string of the molecule is COc1ccc(C(=O)c2ccc(N)cc2N)c(F)c1. The molecule has 0 radical (unpaired) electrons. The first kappa shape index (κ1) is 12.9. The Morgan fingerprint density at radius 3 is 2.37 bits per heavy atom. The van der Waals surface area contributed by atoms with Gasteiger partial charge in [0.15, 0.2) is 5.78 Å². The normalized spacial score (nSPS) is 10.2. The van der Waals surface area contributed by atoms with Gasteiger partial charge in [-0.2, -0.15) is 0 Å². The van der Waals surface area contributed by atoms with Gasteiger partial charge >= 0.3 is 0 Å². The summed E-state index contributed by atoms with van der Waals surface area (Å²) in [6, 6.07) is 8.53. The van der Waals surface area contributed by atoms with E-state index in [1.165, 1.54) is 31.4 Å². The summed E-state index contributed by atoms with van der Waals surface area (Å²) in [5, 5.41) is 0. The van der Waals surface area contributed by atoms with Crippen LogP contribution in [-0.2, 0) is 0 Å². The minimum atomic E-state index is -0.652. The van der Waals surface area contributed by atoms with Gasteiger partial charge in [-0.15, -0.1) is 0 Å². The van der Waals surface area contributed by atoms with Crippen LogP contribution in [0, 0.1) is 5.82 Å². The molecular weight excluding hydrogens is 247 g/mol. The van der Waals surface area contributed by atoms with Gasteiger partial charge < -0.3 is 16.2 Å². The second-order valence-electron chi connectivity index (χ2n) is 4.02. The molecule has 0 heterocycles. The number of carbonyl (C=O) groups excluding carboxylic acids is 1. The van der Waals surface area contributed by atoms with E-state index in [2.05, 4.69) is 0 Å². The van der Waals surface area contributed by atoms with Crippen LogP contribution in [0.2, 0.25) is 0 Å². The van der Waals surface area contributed by atoms with Crippen molar-refractivity contribution in [3.8, 4) is 5.75 Å². The molecule has 0 spiro atoms. The Labute approximate surface area is 109 Å². The molecule has 0 aliphatic heterocycles. The number of anilines is 2. The third kappa shape index (κ3) is 2.49. The molecule has 2 aromatic rings. The van der Waals surface area contributed by atoms with E-state index >= 15 is 0 Å². The van der Waals surface area contributed by atoms with Crippen LogP contribution in [0.25, 0.3) is 0 Å². The molecule has 0 saturated heterocycles. The highest BCUT2D eigenvalue weighted by Crippen LogP contribution is 2.23. The van der Waals surface area contributed by atoms with Gasteiger partial charge in [0.25, 0.3) is 0 Å². The Balaban J connectivity index is 2.44. The molecule has 19 heavy (non-hydrogen) atoms. The maximum Gasteiger partial charge on any atom is 0.198 e. The number of halogens is 1. The molecule has 0 fully saturated rings. The number of methoxy groups -OCH3 is 1. The highest BCUT2D eigenvalue weighted by molar-refractivity contribution is 6.12. The fourth-order valence-electron chi connectivity index (χ4n) is 1.74. The summed E-state index contributed by atoms with van der Waals surface area (Å²) in [5.41, 5.74) is 12.1. The van der Waals surface area contributed by atoms with Gasteiger partial charge in [0, 0.05) is 23.0 Å². The third-order valence-electron chi connectivity index (χ3n) is 2.74. The molecule has 0 amide bonds. The van der Waals surface area contributed by atoms with Crippen molar-refractivity contribution in [1.29, 1.82) is 0 Å². The van der Waals surface area contributed by atoms with Crippen molar-refractivity contribution in [2.45, 2.75) is 0 Å². The number of hydrogen-bond acceptors (Lipinski definition) is 4. The van der Waals surface area contributed by atoms with Crippen molar-refractivity contribution >= 4 is 17.2 Å². The van der Waals surface area contributed by atoms with Crippen molar-refractivity contribution in [1.82, 2.24) is 0 Å². The fraction of sp³-hybridized carbons (Fsp3) is 0.0714. The molecule has 98 valence electrons. The van der Waals surface area contributed by atoms with Crippen LogP contribution >= 0.6 is 0 Å². The van der Waals surface area contributed by atoms with Crippen LogP contribution in [0.4, 0.5) is 15.8 Å². The van der Waals surface area contributed by atoms with Crippen LogP contribution in [0.15, 0.2) is 36.4 Å². The number of ketones is 1. The minimum absolute atomic E-state index is 0.0581. The zero-order valence-electron chi connectivity index (χ0n) is 10.3. The number of nitrogens with two attached hydrogens (primary N) is 2. The van der Waals surface area contributed by atoms with E-state index in [0.717, 1.165) is 6.07 Å². The van der Waals surface area contributed by atoms with Crippen molar-refractivity contribution in [2.24, 2.45) is 0 Å². The maximum absolute atomic E-state index is 13.8. The highest BCUT2D eigenvalue weighted by atomic mass is 19.1.